The number of carbonyl (C=O) groups is 1. The third-order valence-corrected chi connectivity index (χ3v) is 3.88. The molecule has 138 valence electrons. The van der Waals surface area contributed by atoms with Gasteiger partial charge in [0.15, 0.2) is 0 Å². The summed E-state index contributed by atoms with van der Waals surface area (Å²) in [4.78, 5) is 21.7. The molecule has 0 unspecified atom stereocenters. The van der Waals surface area contributed by atoms with Gasteiger partial charge in [-0.3, -0.25) is 0 Å². The lowest BCUT2D eigenvalue weighted by molar-refractivity contribution is -0.00379. The molecule has 1 aromatic heterocycles. The van der Waals surface area contributed by atoms with Crippen LogP contribution in [0.5, 0.6) is 5.88 Å². The molecule has 0 spiro atoms. The summed E-state index contributed by atoms with van der Waals surface area (Å²) in [6.07, 6.45) is 0.478. The summed E-state index contributed by atoms with van der Waals surface area (Å²) in [5.41, 5.74) is -0.604. The van der Waals surface area contributed by atoms with Crippen molar-refractivity contribution in [2.75, 3.05) is 6.54 Å². The normalized spacial score (nSPS) is 20.0. The van der Waals surface area contributed by atoms with Gasteiger partial charge < -0.3 is 14.4 Å². The van der Waals surface area contributed by atoms with Crippen molar-refractivity contribution in [3.05, 3.63) is 17.0 Å². The molecule has 1 amide bonds. The molecule has 0 N–H and O–H groups in total. The van der Waals surface area contributed by atoms with Crippen LogP contribution in [0.3, 0.4) is 0 Å². The lowest BCUT2D eigenvalue weighted by Crippen LogP contribution is -2.50. The number of hydrogen-bond acceptors (Lipinski definition) is 7. The number of ether oxygens (including phenoxy) is 2. The quantitative estimate of drug-likeness (QED) is 0.744. The molecule has 1 saturated heterocycles. The molecule has 8 nitrogen and oxygen atoms in total. The molecule has 1 fully saturated rings. The molecule has 0 bridgehead atoms. The van der Waals surface area contributed by atoms with E-state index in [4.69, 9.17) is 31.6 Å². The second-order valence-corrected chi connectivity index (χ2v) is 7.31. The predicted octanol–water partition coefficient (Wildman–Crippen LogP) is 3.06. The average Bonchev–Trinajstić information content (AvgIpc) is 2.53. The molecular weight excluding hydrogens is 358 g/mol. The zero-order chi connectivity index (χ0) is 19.3. The maximum absolute atomic E-state index is 12.4. The van der Waals surface area contributed by atoms with Crippen LogP contribution < -0.4 is 4.74 Å². The summed E-state index contributed by atoms with van der Waals surface area (Å²) >= 11 is 5.86. The molecule has 1 aromatic rings. The molecule has 0 aromatic carbocycles. The van der Waals surface area contributed by atoms with E-state index in [-0.39, 0.29) is 35.4 Å². The van der Waals surface area contributed by atoms with Crippen molar-refractivity contribution in [3.8, 4) is 18.0 Å². The molecule has 1 aliphatic heterocycles. The number of carbonyl (C=O) groups excluding carboxylic acids is 1. The van der Waals surface area contributed by atoms with Gasteiger partial charge in [-0.15, -0.1) is 0 Å². The topological polar surface area (TPSA) is 112 Å². The zero-order valence-corrected chi connectivity index (χ0v) is 15.7. The van der Waals surface area contributed by atoms with E-state index in [0.717, 1.165) is 0 Å². The number of amides is 1. The van der Waals surface area contributed by atoms with Crippen LogP contribution >= 0.6 is 11.6 Å². The second-order valence-electron chi connectivity index (χ2n) is 6.92. The van der Waals surface area contributed by atoms with Gasteiger partial charge in [-0.25, -0.2) is 9.78 Å². The van der Waals surface area contributed by atoms with Crippen molar-refractivity contribution < 1.29 is 14.3 Å². The van der Waals surface area contributed by atoms with Crippen LogP contribution in [-0.4, -0.2) is 45.3 Å². The summed E-state index contributed by atoms with van der Waals surface area (Å²) in [5.74, 6) is 0.125. The van der Waals surface area contributed by atoms with Crippen molar-refractivity contribution >= 4 is 17.7 Å². The van der Waals surface area contributed by atoms with Crippen LogP contribution in [0.1, 0.15) is 45.9 Å². The molecule has 2 heterocycles. The first kappa shape index (κ1) is 19.7. The van der Waals surface area contributed by atoms with E-state index >= 15 is 0 Å². The van der Waals surface area contributed by atoms with E-state index < -0.39 is 11.7 Å². The highest BCUT2D eigenvalue weighted by Crippen LogP contribution is 2.26. The second kappa shape index (κ2) is 8.20. The third kappa shape index (κ3) is 5.47. The number of halogens is 1. The van der Waals surface area contributed by atoms with Gasteiger partial charge in [0.2, 0.25) is 11.7 Å². The Kier molecular flexibility index (Phi) is 6.23. The van der Waals surface area contributed by atoms with Gasteiger partial charge >= 0.3 is 6.09 Å². The first-order valence-corrected chi connectivity index (χ1v) is 8.57. The average molecular weight is 378 g/mol. The zero-order valence-electron chi connectivity index (χ0n) is 14.9. The summed E-state index contributed by atoms with van der Waals surface area (Å²) in [7, 11) is 0. The first-order chi connectivity index (χ1) is 12.2. The smallest absolute Gasteiger partial charge is 0.410 e. The van der Waals surface area contributed by atoms with Crippen LogP contribution in [-0.2, 0) is 4.74 Å². The van der Waals surface area contributed by atoms with Crippen LogP contribution in [0.25, 0.3) is 0 Å². The van der Waals surface area contributed by atoms with Crippen molar-refractivity contribution in [1.29, 1.82) is 10.5 Å². The van der Waals surface area contributed by atoms with Crippen LogP contribution in [0.4, 0.5) is 4.79 Å². The Morgan fingerprint density at radius 1 is 1.42 bits per heavy atom. The van der Waals surface area contributed by atoms with E-state index in [1.807, 2.05) is 6.07 Å². The van der Waals surface area contributed by atoms with Crippen LogP contribution in [0, 0.1) is 22.7 Å². The Balaban J connectivity index is 2.07. The highest BCUT2D eigenvalue weighted by atomic mass is 35.5. The fraction of sp³-hybridized carbons (Fsp3) is 0.588. The number of aromatic nitrogens is 2. The predicted molar refractivity (Wildman–Crippen MR) is 92.4 cm³/mol. The summed E-state index contributed by atoms with van der Waals surface area (Å²) in [6.45, 7) is 5.79. The van der Waals surface area contributed by atoms with Crippen LogP contribution in [0.15, 0.2) is 6.07 Å². The molecule has 0 aliphatic carbocycles. The highest BCUT2D eigenvalue weighted by molar-refractivity contribution is 6.29. The van der Waals surface area contributed by atoms with Gasteiger partial charge in [0.25, 0.3) is 0 Å². The van der Waals surface area contributed by atoms with E-state index in [2.05, 4.69) is 16.0 Å². The van der Waals surface area contributed by atoms with E-state index in [1.165, 1.54) is 6.07 Å². The van der Waals surface area contributed by atoms with Gasteiger partial charge in [-0.05, 0) is 20.8 Å². The van der Waals surface area contributed by atoms with Crippen molar-refractivity contribution in [2.24, 2.45) is 0 Å². The van der Waals surface area contributed by atoms with Crippen molar-refractivity contribution in [2.45, 2.75) is 57.8 Å². The Bertz CT molecular complexity index is 750. The van der Waals surface area contributed by atoms with Gasteiger partial charge in [-0.1, -0.05) is 11.6 Å². The van der Waals surface area contributed by atoms with E-state index in [9.17, 15) is 4.79 Å². The maximum atomic E-state index is 12.4. The minimum atomic E-state index is -0.604. The minimum Gasteiger partial charge on any atom is -0.474 e. The van der Waals surface area contributed by atoms with E-state index in [1.54, 1.807) is 25.7 Å². The van der Waals surface area contributed by atoms with E-state index in [0.29, 0.717) is 19.4 Å². The molecule has 0 saturated carbocycles. The van der Waals surface area contributed by atoms with Gasteiger partial charge in [0, 0.05) is 25.5 Å². The molecule has 26 heavy (non-hydrogen) atoms. The number of piperidine rings is 1. The van der Waals surface area contributed by atoms with Crippen LogP contribution in [0.2, 0.25) is 5.15 Å². The number of rotatable bonds is 3. The lowest BCUT2D eigenvalue weighted by atomic mass is 9.97. The van der Waals surface area contributed by atoms with Gasteiger partial charge in [-0.2, -0.15) is 15.5 Å². The Morgan fingerprint density at radius 2 is 2.15 bits per heavy atom. The number of nitrogens with zero attached hydrogens (tertiary/aromatic N) is 5. The molecule has 0 radical (unpaired) electrons. The summed E-state index contributed by atoms with van der Waals surface area (Å²) < 4.78 is 11.2. The first-order valence-electron chi connectivity index (χ1n) is 8.19. The van der Waals surface area contributed by atoms with Gasteiger partial charge in [0.05, 0.1) is 18.5 Å². The summed E-state index contributed by atoms with van der Waals surface area (Å²) in [6, 6.07) is 5.04. The molecule has 2 rings (SSSR count). The Hall–Kier alpha value is -2.58. The highest BCUT2D eigenvalue weighted by Gasteiger charge is 2.35. The molecule has 1 aliphatic rings. The Morgan fingerprint density at radius 3 is 2.77 bits per heavy atom. The third-order valence-electron chi connectivity index (χ3n) is 3.68. The SMILES string of the molecule is CC(C)(C)OC(=O)N1CC[C@H](Oc2cc(Cl)nc(C#N)n2)C[C@H]1CC#N. The standard InChI is InChI=1S/C17H20ClN5O3/c1-17(2,3)26-16(24)23-7-5-12(8-11(23)4-6-19)25-15-9-13(18)21-14(10-20)22-15/h9,11-12H,4-5,7-8H2,1-3H3/t11-,12+/m1/s1. The monoisotopic (exact) mass is 377 g/mol. The fourth-order valence-electron chi connectivity index (χ4n) is 2.66. The maximum Gasteiger partial charge on any atom is 0.410 e. The lowest BCUT2D eigenvalue weighted by Gasteiger charge is -2.38. The molecule has 2 atom stereocenters. The molecular formula is C17H20ClN5O3. The number of nitriles is 2. The van der Waals surface area contributed by atoms with Gasteiger partial charge in [0.1, 0.15) is 22.9 Å². The number of likely N-dealkylation sites (tertiary alicyclic amines) is 1. The fourth-order valence-corrected chi connectivity index (χ4v) is 2.83. The van der Waals surface area contributed by atoms with Crippen molar-refractivity contribution in [3.63, 3.8) is 0 Å². The van der Waals surface area contributed by atoms with Crippen molar-refractivity contribution in [1.82, 2.24) is 14.9 Å². The Labute approximate surface area is 157 Å². The number of hydrogen-bond donors (Lipinski definition) is 0. The molecule has 9 heteroatoms. The minimum absolute atomic E-state index is 0.0766. The summed E-state index contributed by atoms with van der Waals surface area (Å²) in [5, 5.41) is 18.1. The largest absolute Gasteiger partial charge is 0.474 e.